The minimum absolute atomic E-state index is 0.0620. The normalized spacial score (nSPS) is 10.1. The van der Waals surface area contributed by atoms with E-state index in [1.807, 2.05) is 0 Å². The lowest BCUT2D eigenvalue weighted by Gasteiger charge is -2.14. The number of carbonyl (C=O) groups is 3. The summed E-state index contributed by atoms with van der Waals surface area (Å²) in [5.74, 6) is -2.62. The number of nitrogens with zero attached hydrogens (tertiary/aromatic N) is 2. The van der Waals surface area contributed by atoms with Crippen LogP contribution in [0.1, 0.15) is 44.9 Å². The van der Waals surface area contributed by atoms with Crippen molar-refractivity contribution in [2.24, 2.45) is 0 Å². The van der Waals surface area contributed by atoms with Crippen molar-refractivity contribution < 1.29 is 28.8 Å². The number of rotatable bonds is 8. The Labute approximate surface area is 170 Å². The molecule has 1 aromatic heterocycles. The van der Waals surface area contributed by atoms with Crippen LogP contribution in [0, 0.1) is 10.1 Å². The highest BCUT2D eigenvalue weighted by atomic mass is 16.6. The molecule has 1 heterocycles. The zero-order valence-corrected chi connectivity index (χ0v) is 16.1. The maximum Gasteiger partial charge on any atom is 0.341 e. The Morgan fingerprint density at radius 2 is 1.63 bits per heavy atom. The summed E-state index contributed by atoms with van der Waals surface area (Å²) in [6.45, 7) is 3.36. The molecule has 0 radical (unpaired) electrons. The lowest BCUT2D eigenvalue weighted by Crippen LogP contribution is -2.31. The van der Waals surface area contributed by atoms with Crippen LogP contribution in [0.4, 0.5) is 17.3 Å². The van der Waals surface area contributed by atoms with Gasteiger partial charge in [0.2, 0.25) is 0 Å². The van der Waals surface area contributed by atoms with E-state index in [1.165, 1.54) is 24.3 Å². The second-order valence-corrected chi connectivity index (χ2v) is 5.64. The van der Waals surface area contributed by atoms with Crippen molar-refractivity contribution >= 4 is 35.2 Å². The number of ether oxygens (including phenoxy) is 2. The molecule has 0 saturated heterocycles. The first-order valence-corrected chi connectivity index (χ1v) is 8.74. The zero-order chi connectivity index (χ0) is 22.3. The van der Waals surface area contributed by atoms with Crippen molar-refractivity contribution in [3.05, 3.63) is 57.1 Å². The van der Waals surface area contributed by atoms with Gasteiger partial charge in [0, 0.05) is 17.7 Å². The SMILES string of the molecule is CCOC(=O)c1cc(C(=O)OCC)c(NNC(=O)c2ccc([N+](=O)[O-])cc2)nc1N. The highest BCUT2D eigenvalue weighted by molar-refractivity contribution is 6.02. The molecule has 0 unspecified atom stereocenters. The van der Waals surface area contributed by atoms with Gasteiger partial charge in [0.15, 0.2) is 5.82 Å². The Kier molecular flexibility index (Phi) is 7.22. The molecule has 0 aliphatic heterocycles. The van der Waals surface area contributed by atoms with E-state index in [0.717, 1.165) is 6.07 Å². The van der Waals surface area contributed by atoms with Gasteiger partial charge in [-0.3, -0.25) is 25.8 Å². The number of nitrogen functional groups attached to an aromatic ring is 1. The van der Waals surface area contributed by atoms with Crippen LogP contribution in [0.15, 0.2) is 30.3 Å². The number of nitro groups is 1. The monoisotopic (exact) mass is 417 g/mol. The first kappa shape index (κ1) is 22.1. The van der Waals surface area contributed by atoms with Crippen LogP contribution in [-0.2, 0) is 9.47 Å². The molecule has 0 atom stereocenters. The number of pyridine rings is 1. The van der Waals surface area contributed by atoms with Gasteiger partial charge < -0.3 is 15.2 Å². The summed E-state index contributed by atoms with van der Waals surface area (Å²) in [5, 5.41) is 10.7. The van der Waals surface area contributed by atoms with E-state index >= 15 is 0 Å². The number of carbonyl (C=O) groups excluding carboxylic acids is 3. The topological polar surface area (TPSA) is 176 Å². The van der Waals surface area contributed by atoms with E-state index in [1.54, 1.807) is 13.8 Å². The Morgan fingerprint density at radius 1 is 1.07 bits per heavy atom. The maximum absolute atomic E-state index is 12.3. The molecule has 2 aromatic rings. The number of aromatic nitrogens is 1. The van der Waals surface area contributed by atoms with Crippen LogP contribution in [0.2, 0.25) is 0 Å². The average molecular weight is 417 g/mol. The molecule has 0 aliphatic rings. The van der Waals surface area contributed by atoms with Crippen molar-refractivity contribution in [1.29, 1.82) is 0 Å². The summed E-state index contributed by atoms with van der Waals surface area (Å²) >= 11 is 0. The smallest absolute Gasteiger partial charge is 0.341 e. The number of nitro benzene ring substituents is 1. The Hall–Kier alpha value is -4.22. The lowest BCUT2D eigenvalue weighted by atomic mass is 10.1. The first-order valence-electron chi connectivity index (χ1n) is 8.74. The number of hydrogen-bond acceptors (Lipinski definition) is 10. The molecule has 0 saturated carbocycles. The van der Waals surface area contributed by atoms with Crippen LogP contribution in [0.3, 0.4) is 0 Å². The number of hydrogen-bond donors (Lipinski definition) is 3. The van der Waals surface area contributed by atoms with E-state index in [2.05, 4.69) is 15.8 Å². The van der Waals surface area contributed by atoms with Crippen molar-refractivity contribution in [3.8, 4) is 0 Å². The Morgan fingerprint density at radius 3 is 2.17 bits per heavy atom. The minimum atomic E-state index is -0.803. The fourth-order valence-electron chi connectivity index (χ4n) is 2.28. The van der Waals surface area contributed by atoms with E-state index in [0.29, 0.717) is 0 Å². The predicted molar refractivity (Wildman–Crippen MR) is 105 cm³/mol. The van der Waals surface area contributed by atoms with Crippen molar-refractivity contribution in [2.75, 3.05) is 24.4 Å². The van der Waals surface area contributed by atoms with Crippen molar-refractivity contribution in [1.82, 2.24) is 10.4 Å². The number of amides is 1. The molecular formula is C18H19N5O7. The molecule has 1 aromatic carbocycles. The van der Waals surface area contributed by atoms with Gasteiger partial charge in [-0.05, 0) is 32.0 Å². The minimum Gasteiger partial charge on any atom is -0.462 e. The van der Waals surface area contributed by atoms with Crippen molar-refractivity contribution in [3.63, 3.8) is 0 Å². The maximum atomic E-state index is 12.3. The quantitative estimate of drug-likeness (QED) is 0.325. The van der Waals surface area contributed by atoms with Crippen LogP contribution in [-0.4, -0.2) is 41.0 Å². The first-order chi connectivity index (χ1) is 14.3. The fourth-order valence-corrected chi connectivity index (χ4v) is 2.28. The standard InChI is InChI=1S/C18H19N5O7/c1-3-29-17(25)12-9-13(18(26)30-4-2)15(20-14(12)19)21-22-16(24)10-5-7-11(8-6-10)23(27)28/h5-9H,3-4H2,1-2H3,(H,22,24)(H3,19,20,21). The van der Waals surface area contributed by atoms with E-state index < -0.39 is 22.8 Å². The summed E-state index contributed by atoms with van der Waals surface area (Å²) in [4.78, 5) is 50.6. The van der Waals surface area contributed by atoms with Crippen LogP contribution < -0.4 is 16.6 Å². The summed E-state index contributed by atoms with van der Waals surface area (Å²) in [6, 6.07) is 6.01. The third kappa shape index (κ3) is 5.19. The number of non-ortho nitro benzene ring substituents is 1. The molecule has 0 bridgehead atoms. The summed E-state index contributed by atoms with van der Waals surface area (Å²) in [7, 11) is 0. The predicted octanol–water partition coefficient (Wildman–Crippen LogP) is 1.68. The molecule has 1 amide bonds. The number of anilines is 2. The second-order valence-electron chi connectivity index (χ2n) is 5.64. The third-order valence-electron chi connectivity index (χ3n) is 3.68. The molecule has 4 N–H and O–H groups in total. The molecule has 0 aliphatic carbocycles. The summed E-state index contributed by atoms with van der Waals surface area (Å²) in [5.41, 5.74) is 10.2. The van der Waals surface area contributed by atoms with Crippen LogP contribution in [0.5, 0.6) is 0 Å². The molecule has 0 spiro atoms. The Balaban J connectivity index is 2.27. The molecular weight excluding hydrogens is 398 g/mol. The summed E-state index contributed by atoms with van der Waals surface area (Å²) in [6.07, 6.45) is 0. The fraction of sp³-hybridized carbons (Fsp3) is 0.222. The highest BCUT2D eigenvalue weighted by Crippen LogP contribution is 2.21. The molecule has 0 fully saturated rings. The number of hydrazine groups is 1. The molecule has 2 rings (SSSR count). The molecule has 12 heteroatoms. The van der Waals surface area contributed by atoms with Gasteiger partial charge in [0.05, 0.1) is 18.1 Å². The van der Waals surface area contributed by atoms with E-state index in [4.69, 9.17) is 15.2 Å². The molecule has 158 valence electrons. The van der Waals surface area contributed by atoms with Gasteiger partial charge in [-0.1, -0.05) is 0 Å². The lowest BCUT2D eigenvalue weighted by molar-refractivity contribution is -0.384. The number of nitrogens with one attached hydrogen (secondary N) is 2. The van der Waals surface area contributed by atoms with E-state index in [-0.39, 0.29) is 47.2 Å². The average Bonchev–Trinajstić information content (AvgIpc) is 2.72. The highest BCUT2D eigenvalue weighted by Gasteiger charge is 2.22. The van der Waals surface area contributed by atoms with Gasteiger partial charge in [0.1, 0.15) is 16.9 Å². The van der Waals surface area contributed by atoms with Gasteiger partial charge in [-0.25, -0.2) is 14.6 Å². The van der Waals surface area contributed by atoms with Gasteiger partial charge in [-0.2, -0.15) is 0 Å². The van der Waals surface area contributed by atoms with Gasteiger partial charge >= 0.3 is 11.9 Å². The molecule has 12 nitrogen and oxygen atoms in total. The summed E-state index contributed by atoms with van der Waals surface area (Å²) < 4.78 is 9.82. The molecule has 30 heavy (non-hydrogen) atoms. The number of nitrogens with two attached hydrogens (primary N) is 1. The van der Waals surface area contributed by atoms with Crippen LogP contribution in [0.25, 0.3) is 0 Å². The number of benzene rings is 1. The van der Waals surface area contributed by atoms with Gasteiger partial charge in [-0.15, -0.1) is 0 Å². The third-order valence-corrected chi connectivity index (χ3v) is 3.68. The van der Waals surface area contributed by atoms with Gasteiger partial charge in [0.25, 0.3) is 11.6 Å². The van der Waals surface area contributed by atoms with Crippen molar-refractivity contribution in [2.45, 2.75) is 13.8 Å². The second kappa shape index (κ2) is 9.82. The largest absolute Gasteiger partial charge is 0.462 e. The van der Waals surface area contributed by atoms with Crippen LogP contribution >= 0.6 is 0 Å². The zero-order valence-electron chi connectivity index (χ0n) is 16.1. The Bertz CT molecular complexity index is 976. The number of esters is 2. The van der Waals surface area contributed by atoms with E-state index in [9.17, 15) is 24.5 Å².